The lowest BCUT2D eigenvalue weighted by atomic mass is 9.97. The Balaban J connectivity index is 2.76. The molecular formula is C11H10ClNO3S. The highest BCUT2D eigenvalue weighted by Crippen LogP contribution is 2.39. The molecule has 0 radical (unpaired) electrons. The number of fused-ring (bicyclic) bond motifs is 1. The van der Waals surface area contributed by atoms with Crippen LogP contribution in [0.3, 0.4) is 0 Å². The van der Waals surface area contributed by atoms with Crippen LogP contribution in [0.5, 0.6) is 0 Å². The van der Waals surface area contributed by atoms with Gasteiger partial charge in [0.15, 0.2) is 0 Å². The normalized spacial score (nSPS) is 16.9. The van der Waals surface area contributed by atoms with Gasteiger partial charge in [-0.1, -0.05) is 16.8 Å². The molecule has 1 aromatic carbocycles. The van der Waals surface area contributed by atoms with Gasteiger partial charge < -0.3 is 10.3 Å². The first-order valence-electron chi connectivity index (χ1n) is 4.96. The van der Waals surface area contributed by atoms with E-state index in [4.69, 9.17) is 21.9 Å². The van der Waals surface area contributed by atoms with Gasteiger partial charge in [-0.3, -0.25) is 0 Å². The molecule has 1 aromatic rings. The van der Waals surface area contributed by atoms with Gasteiger partial charge in [0.2, 0.25) is 0 Å². The highest BCUT2D eigenvalue weighted by molar-refractivity contribution is 7.99. The van der Waals surface area contributed by atoms with Crippen LogP contribution in [0, 0.1) is 6.92 Å². The van der Waals surface area contributed by atoms with Gasteiger partial charge in [0.1, 0.15) is 0 Å². The molecule has 1 aliphatic heterocycles. The molecule has 0 fully saturated rings. The van der Waals surface area contributed by atoms with Crippen LogP contribution in [0.15, 0.2) is 16.1 Å². The first-order chi connectivity index (χ1) is 8.06. The molecule has 90 valence electrons. The monoisotopic (exact) mass is 271 g/mol. The van der Waals surface area contributed by atoms with E-state index in [0.29, 0.717) is 28.3 Å². The number of aromatic carboxylic acids is 1. The van der Waals surface area contributed by atoms with Crippen molar-refractivity contribution in [3.8, 4) is 0 Å². The van der Waals surface area contributed by atoms with E-state index < -0.39 is 5.97 Å². The minimum Gasteiger partial charge on any atom is -0.478 e. The van der Waals surface area contributed by atoms with Crippen molar-refractivity contribution in [2.45, 2.75) is 18.2 Å². The van der Waals surface area contributed by atoms with E-state index in [9.17, 15) is 4.79 Å². The molecule has 17 heavy (non-hydrogen) atoms. The predicted octanol–water partition coefficient (Wildman–Crippen LogP) is 3.02. The van der Waals surface area contributed by atoms with Gasteiger partial charge in [-0.15, -0.1) is 11.8 Å². The number of nitrogens with zero attached hydrogens (tertiary/aromatic N) is 1. The molecule has 0 saturated heterocycles. The fraction of sp³-hybridized carbons (Fsp3) is 0.273. The van der Waals surface area contributed by atoms with Gasteiger partial charge >= 0.3 is 5.97 Å². The smallest absolute Gasteiger partial charge is 0.336 e. The molecule has 6 heteroatoms. The van der Waals surface area contributed by atoms with Crippen LogP contribution < -0.4 is 0 Å². The van der Waals surface area contributed by atoms with Crippen molar-refractivity contribution >= 4 is 35.0 Å². The fourth-order valence-corrected chi connectivity index (χ4v) is 3.39. The molecule has 0 saturated carbocycles. The SMILES string of the molecule is Cc1c(C(=O)O)cc(Cl)c2c1C(=NO)CCS2. The van der Waals surface area contributed by atoms with Crippen LogP contribution in [0.2, 0.25) is 5.02 Å². The summed E-state index contributed by atoms with van der Waals surface area (Å²) in [6.07, 6.45) is 0.606. The molecule has 0 amide bonds. The van der Waals surface area contributed by atoms with Crippen molar-refractivity contribution < 1.29 is 15.1 Å². The second-order valence-electron chi connectivity index (χ2n) is 3.69. The largest absolute Gasteiger partial charge is 0.478 e. The van der Waals surface area contributed by atoms with Crippen molar-refractivity contribution in [2.24, 2.45) is 5.16 Å². The van der Waals surface area contributed by atoms with Crippen LogP contribution in [0.25, 0.3) is 0 Å². The van der Waals surface area contributed by atoms with Gasteiger partial charge in [0.25, 0.3) is 0 Å². The maximum atomic E-state index is 11.1. The van der Waals surface area contributed by atoms with Gasteiger partial charge in [-0.2, -0.15) is 0 Å². The van der Waals surface area contributed by atoms with E-state index in [0.717, 1.165) is 10.6 Å². The van der Waals surface area contributed by atoms with E-state index >= 15 is 0 Å². The average molecular weight is 272 g/mol. The molecule has 2 rings (SSSR count). The van der Waals surface area contributed by atoms with Crippen LogP contribution in [-0.2, 0) is 0 Å². The molecule has 0 unspecified atom stereocenters. The molecule has 0 aromatic heterocycles. The summed E-state index contributed by atoms with van der Waals surface area (Å²) >= 11 is 7.62. The van der Waals surface area contributed by atoms with Gasteiger partial charge in [0, 0.05) is 22.6 Å². The summed E-state index contributed by atoms with van der Waals surface area (Å²) in [4.78, 5) is 11.9. The standard InChI is InChI=1S/C11H10ClNO3S/c1-5-6(11(14)15)4-7(12)10-9(5)8(13-16)2-3-17-10/h4,16H,2-3H2,1H3,(H,14,15). The summed E-state index contributed by atoms with van der Waals surface area (Å²) in [5, 5.41) is 21.7. The molecular weight excluding hydrogens is 262 g/mol. The number of hydrogen-bond acceptors (Lipinski definition) is 4. The number of carboxylic acids is 1. The number of oxime groups is 1. The highest BCUT2D eigenvalue weighted by atomic mass is 35.5. The Morgan fingerprint density at radius 3 is 2.88 bits per heavy atom. The average Bonchev–Trinajstić information content (AvgIpc) is 2.32. The second-order valence-corrected chi connectivity index (χ2v) is 5.20. The minimum absolute atomic E-state index is 0.150. The third-order valence-electron chi connectivity index (χ3n) is 2.72. The maximum absolute atomic E-state index is 11.1. The van der Waals surface area contributed by atoms with Crippen molar-refractivity contribution in [3.63, 3.8) is 0 Å². The highest BCUT2D eigenvalue weighted by Gasteiger charge is 2.25. The van der Waals surface area contributed by atoms with Gasteiger partial charge in [0.05, 0.1) is 16.3 Å². The third-order valence-corrected chi connectivity index (χ3v) is 4.25. The fourth-order valence-electron chi connectivity index (χ4n) is 1.91. The number of thioether (sulfide) groups is 1. The first kappa shape index (κ1) is 12.3. The van der Waals surface area contributed by atoms with Crippen LogP contribution in [0.4, 0.5) is 0 Å². The summed E-state index contributed by atoms with van der Waals surface area (Å²) < 4.78 is 0. The Kier molecular flexibility index (Phi) is 3.31. The zero-order valence-electron chi connectivity index (χ0n) is 9.03. The van der Waals surface area contributed by atoms with E-state index in [1.54, 1.807) is 18.7 Å². The number of halogens is 1. The Hall–Kier alpha value is -1.20. The summed E-state index contributed by atoms with van der Waals surface area (Å²) in [6.45, 7) is 1.70. The Morgan fingerprint density at radius 1 is 1.59 bits per heavy atom. The van der Waals surface area contributed by atoms with E-state index in [1.807, 2.05) is 0 Å². The first-order valence-corrected chi connectivity index (χ1v) is 6.33. The van der Waals surface area contributed by atoms with Gasteiger partial charge in [-0.05, 0) is 18.6 Å². The lowest BCUT2D eigenvalue weighted by Gasteiger charge is -2.21. The minimum atomic E-state index is -1.03. The zero-order valence-corrected chi connectivity index (χ0v) is 10.6. The van der Waals surface area contributed by atoms with Gasteiger partial charge in [-0.25, -0.2) is 4.79 Å². The summed E-state index contributed by atoms with van der Waals surface area (Å²) in [5.41, 5.74) is 1.91. The molecule has 0 spiro atoms. The maximum Gasteiger partial charge on any atom is 0.336 e. The van der Waals surface area contributed by atoms with Crippen LogP contribution in [-0.4, -0.2) is 27.7 Å². The van der Waals surface area contributed by atoms with E-state index in [2.05, 4.69) is 5.16 Å². The number of carboxylic acid groups (broad SMARTS) is 1. The topological polar surface area (TPSA) is 69.9 Å². The van der Waals surface area contributed by atoms with Crippen molar-refractivity contribution in [1.82, 2.24) is 0 Å². The number of carbonyl (C=O) groups is 1. The Morgan fingerprint density at radius 2 is 2.29 bits per heavy atom. The molecule has 4 nitrogen and oxygen atoms in total. The quantitative estimate of drug-likeness (QED) is 0.608. The second kappa shape index (κ2) is 4.58. The number of hydrogen-bond donors (Lipinski definition) is 2. The lowest BCUT2D eigenvalue weighted by molar-refractivity contribution is 0.0696. The predicted molar refractivity (Wildman–Crippen MR) is 66.8 cm³/mol. The summed E-state index contributed by atoms with van der Waals surface area (Å²) in [7, 11) is 0. The van der Waals surface area contributed by atoms with Crippen molar-refractivity contribution in [2.75, 3.05) is 5.75 Å². The van der Waals surface area contributed by atoms with Crippen LogP contribution in [0.1, 0.15) is 27.9 Å². The van der Waals surface area contributed by atoms with Crippen molar-refractivity contribution in [1.29, 1.82) is 0 Å². The molecule has 1 aliphatic rings. The molecule has 2 N–H and O–H groups in total. The molecule has 0 bridgehead atoms. The molecule has 0 aliphatic carbocycles. The third kappa shape index (κ3) is 2.00. The summed E-state index contributed by atoms with van der Waals surface area (Å²) in [6, 6.07) is 1.45. The number of rotatable bonds is 1. The number of benzene rings is 1. The molecule has 0 atom stereocenters. The van der Waals surface area contributed by atoms with E-state index in [-0.39, 0.29) is 5.56 Å². The molecule has 1 heterocycles. The Bertz CT molecular complexity index is 528. The van der Waals surface area contributed by atoms with Crippen molar-refractivity contribution in [3.05, 3.63) is 27.8 Å². The zero-order chi connectivity index (χ0) is 12.6. The summed E-state index contributed by atoms with van der Waals surface area (Å²) in [5.74, 6) is -0.252. The Labute approximate surface area is 107 Å². The van der Waals surface area contributed by atoms with E-state index in [1.165, 1.54) is 6.07 Å². The van der Waals surface area contributed by atoms with Crippen LogP contribution >= 0.6 is 23.4 Å². The lowest BCUT2D eigenvalue weighted by Crippen LogP contribution is -2.15.